The summed E-state index contributed by atoms with van der Waals surface area (Å²) in [6.45, 7) is 8.55. The topological polar surface area (TPSA) is 54.9 Å². The van der Waals surface area contributed by atoms with Crippen molar-refractivity contribution in [3.63, 3.8) is 0 Å². The highest BCUT2D eigenvalue weighted by Gasteiger charge is 2.19. The van der Waals surface area contributed by atoms with Crippen LogP contribution < -0.4 is 5.32 Å². The highest BCUT2D eigenvalue weighted by Crippen LogP contribution is 2.31. The van der Waals surface area contributed by atoms with Crippen molar-refractivity contribution in [3.05, 3.63) is 57.9 Å². The summed E-state index contributed by atoms with van der Waals surface area (Å²) < 4.78 is 0. The molecule has 0 radical (unpaired) electrons. The third-order valence-electron chi connectivity index (χ3n) is 4.23. The van der Waals surface area contributed by atoms with E-state index < -0.39 is 0 Å². The molecule has 1 amide bonds. The van der Waals surface area contributed by atoms with E-state index >= 15 is 0 Å². The fraction of sp³-hybridized carbons (Fsp3) is 0.316. The molecule has 3 aromatic rings. The molecular weight excluding hydrogens is 318 g/mol. The Bertz CT molecular complexity index is 887. The summed E-state index contributed by atoms with van der Waals surface area (Å²) in [5.74, 6) is 0.981. The number of nitrogens with zero attached hydrogens (tertiary/aromatic N) is 2. The molecule has 4 nitrogen and oxygen atoms in total. The van der Waals surface area contributed by atoms with Gasteiger partial charge >= 0.3 is 0 Å². The molecule has 2 aromatic heterocycles. The molecule has 1 N–H and O–H groups in total. The van der Waals surface area contributed by atoms with Gasteiger partial charge in [-0.1, -0.05) is 37.3 Å². The van der Waals surface area contributed by atoms with Crippen LogP contribution in [0.25, 0.3) is 10.2 Å². The summed E-state index contributed by atoms with van der Waals surface area (Å²) in [5, 5.41) is 4.06. The second kappa shape index (κ2) is 6.69. The zero-order valence-corrected chi connectivity index (χ0v) is 15.2. The Hall–Kier alpha value is -2.27. The molecule has 24 heavy (non-hydrogen) atoms. The lowest BCUT2D eigenvalue weighted by molar-refractivity contribution is 0.0955. The van der Waals surface area contributed by atoms with Gasteiger partial charge in [-0.05, 0) is 37.8 Å². The fourth-order valence-corrected chi connectivity index (χ4v) is 4.11. The molecule has 124 valence electrons. The van der Waals surface area contributed by atoms with Crippen LogP contribution in [0, 0.1) is 20.8 Å². The fourth-order valence-electron chi connectivity index (χ4n) is 2.92. The first-order valence-corrected chi connectivity index (χ1v) is 8.86. The van der Waals surface area contributed by atoms with Gasteiger partial charge in [-0.2, -0.15) is 0 Å². The third-order valence-corrected chi connectivity index (χ3v) is 5.41. The molecule has 1 aromatic carbocycles. The van der Waals surface area contributed by atoms with E-state index in [1.54, 1.807) is 0 Å². The minimum Gasteiger partial charge on any atom is -0.351 e. The highest BCUT2D eigenvalue weighted by molar-refractivity contribution is 7.20. The van der Waals surface area contributed by atoms with Crippen LogP contribution in [0.5, 0.6) is 0 Å². The zero-order valence-electron chi connectivity index (χ0n) is 14.4. The van der Waals surface area contributed by atoms with Gasteiger partial charge in [0.25, 0.3) is 5.91 Å². The van der Waals surface area contributed by atoms with Gasteiger partial charge in [0.15, 0.2) is 0 Å². The largest absolute Gasteiger partial charge is 0.351 e. The molecular formula is C19H21N3OS. The van der Waals surface area contributed by atoms with Crippen molar-refractivity contribution in [2.45, 2.75) is 33.6 Å². The highest BCUT2D eigenvalue weighted by atomic mass is 32.1. The lowest BCUT2D eigenvalue weighted by atomic mass is 10.0. The maximum absolute atomic E-state index is 12.6. The molecule has 0 bridgehead atoms. The van der Waals surface area contributed by atoms with E-state index in [0.717, 1.165) is 32.2 Å². The first-order chi connectivity index (χ1) is 11.5. The Morgan fingerprint density at radius 1 is 1.17 bits per heavy atom. The van der Waals surface area contributed by atoms with Crippen LogP contribution in [0.15, 0.2) is 30.3 Å². The SMILES string of the molecule is Cc1nc(C)c2c(C)c(C(=O)NCC(C)c3ccccc3)sc2n1. The number of hydrogen-bond donors (Lipinski definition) is 1. The van der Waals surface area contributed by atoms with Gasteiger partial charge in [-0.3, -0.25) is 4.79 Å². The normalized spacial score (nSPS) is 12.3. The number of carbonyl (C=O) groups excluding carboxylic acids is 1. The molecule has 0 spiro atoms. The summed E-state index contributed by atoms with van der Waals surface area (Å²) in [5.41, 5.74) is 3.13. The van der Waals surface area contributed by atoms with Crippen molar-refractivity contribution in [3.8, 4) is 0 Å². The average molecular weight is 339 g/mol. The lowest BCUT2D eigenvalue weighted by Crippen LogP contribution is -2.27. The molecule has 5 heteroatoms. The maximum atomic E-state index is 12.6. The van der Waals surface area contributed by atoms with Crippen LogP contribution in [0.4, 0.5) is 0 Å². The van der Waals surface area contributed by atoms with Crippen molar-refractivity contribution in [2.75, 3.05) is 6.54 Å². The van der Waals surface area contributed by atoms with E-state index in [0.29, 0.717) is 6.54 Å². The monoisotopic (exact) mass is 339 g/mol. The predicted octanol–water partition coefficient (Wildman–Crippen LogP) is 4.15. The molecule has 2 heterocycles. The van der Waals surface area contributed by atoms with Crippen molar-refractivity contribution < 1.29 is 4.79 Å². The van der Waals surface area contributed by atoms with Crippen molar-refractivity contribution in [1.82, 2.24) is 15.3 Å². The predicted molar refractivity (Wildman–Crippen MR) is 98.8 cm³/mol. The van der Waals surface area contributed by atoms with Crippen LogP contribution in [-0.2, 0) is 0 Å². The van der Waals surface area contributed by atoms with Gasteiger partial charge in [0.05, 0.1) is 4.88 Å². The molecule has 0 saturated heterocycles. The number of benzene rings is 1. The number of thiophene rings is 1. The van der Waals surface area contributed by atoms with Gasteiger partial charge in [0.2, 0.25) is 0 Å². The summed E-state index contributed by atoms with van der Waals surface area (Å²) >= 11 is 1.44. The zero-order chi connectivity index (χ0) is 17.3. The van der Waals surface area contributed by atoms with Gasteiger partial charge < -0.3 is 5.32 Å². The van der Waals surface area contributed by atoms with Crippen LogP contribution in [0.2, 0.25) is 0 Å². The Morgan fingerprint density at radius 3 is 2.58 bits per heavy atom. The summed E-state index contributed by atoms with van der Waals surface area (Å²) in [6, 6.07) is 10.2. The number of nitrogens with one attached hydrogen (secondary N) is 1. The van der Waals surface area contributed by atoms with E-state index in [-0.39, 0.29) is 11.8 Å². The molecule has 0 aliphatic rings. The van der Waals surface area contributed by atoms with E-state index in [9.17, 15) is 4.79 Å². The lowest BCUT2D eigenvalue weighted by Gasteiger charge is -2.12. The van der Waals surface area contributed by atoms with Gasteiger partial charge in [-0.15, -0.1) is 11.3 Å². The number of aryl methyl sites for hydroxylation is 3. The minimum absolute atomic E-state index is 0.0321. The number of carbonyl (C=O) groups is 1. The van der Waals surface area contributed by atoms with Crippen LogP contribution >= 0.6 is 11.3 Å². The molecule has 0 aliphatic carbocycles. The molecule has 3 rings (SSSR count). The van der Waals surface area contributed by atoms with E-state index in [1.165, 1.54) is 16.9 Å². The molecule has 1 unspecified atom stereocenters. The molecule has 1 atom stereocenters. The van der Waals surface area contributed by atoms with Crippen LogP contribution in [-0.4, -0.2) is 22.4 Å². The van der Waals surface area contributed by atoms with Gasteiger partial charge in [-0.25, -0.2) is 9.97 Å². The van der Waals surface area contributed by atoms with E-state index in [4.69, 9.17) is 0 Å². The van der Waals surface area contributed by atoms with Crippen molar-refractivity contribution in [2.24, 2.45) is 0 Å². The summed E-state index contributed by atoms with van der Waals surface area (Å²) in [7, 11) is 0. The standard InChI is InChI=1S/C19H21N3OS/c1-11(15-8-6-5-7-9-15)10-20-18(23)17-12(2)16-13(3)21-14(4)22-19(16)24-17/h5-9,11H,10H2,1-4H3,(H,20,23). The Labute approximate surface area is 146 Å². The second-order valence-electron chi connectivity index (χ2n) is 6.11. The summed E-state index contributed by atoms with van der Waals surface area (Å²) in [4.78, 5) is 23.1. The van der Waals surface area contributed by atoms with Crippen molar-refractivity contribution >= 4 is 27.5 Å². The van der Waals surface area contributed by atoms with Gasteiger partial charge in [0.1, 0.15) is 10.7 Å². The molecule has 0 aliphatic heterocycles. The van der Waals surface area contributed by atoms with E-state index in [1.807, 2.05) is 39.0 Å². The minimum atomic E-state index is -0.0321. The molecule has 0 fully saturated rings. The first kappa shape index (κ1) is 16.6. The Kier molecular flexibility index (Phi) is 4.62. The first-order valence-electron chi connectivity index (χ1n) is 8.05. The quantitative estimate of drug-likeness (QED) is 0.777. The maximum Gasteiger partial charge on any atom is 0.261 e. The second-order valence-corrected chi connectivity index (χ2v) is 7.11. The summed E-state index contributed by atoms with van der Waals surface area (Å²) in [6.07, 6.45) is 0. The number of fused-ring (bicyclic) bond motifs is 1. The average Bonchev–Trinajstić information content (AvgIpc) is 2.90. The van der Waals surface area contributed by atoms with Crippen LogP contribution in [0.1, 0.15) is 45.2 Å². The molecule has 0 saturated carbocycles. The number of hydrogen-bond acceptors (Lipinski definition) is 4. The van der Waals surface area contributed by atoms with E-state index in [2.05, 4.69) is 34.3 Å². The third kappa shape index (κ3) is 3.17. The number of amides is 1. The smallest absolute Gasteiger partial charge is 0.261 e. The number of rotatable bonds is 4. The van der Waals surface area contributed by atoms with Crippen LogP contribution in [0.3, 0.4) is 0 Å². The number of aromatic nitrogens is 2. The van der Waals surface area contributed by atoms with Crippen molar-refractivity contribution in [1.29, 1.82) is 0 Å². The van der Waals surface area contributed by atoms with Gasteiger partial charge in [0, 0.05) is 17.6 Å². The Balaban J connectivity index is 1.79. The Morgan fingerprint density at radius 2 is 1.88 bits per heavy atom.